The fraction of sp³-hybridized carbons (Fsp3) is 0.385. The summed E-state index contributed by atoms with van der Waals surface area (Å²) in [6.45, 7) is 3.50. The van der Waals surface area contributed by atoms with Crippen molar-refractivity contribution in [3.05, 3.63) is 59.7 Å². The van der Waals surface area contributed by atoms with Crippen LogP contribution >= 0.6 is 0 Å². The van der Waals surface area contributed by atoms with Crippen molar-refractivity contribution < 1.29 is 43.6 Å². The van der Waals surface area contributed by atoms with Crippen molar-refractivity contribution >= 4 is 23.8 Å². The standard InChI is InChI=1S/C26H30N2O9/c1-3-35-25(33)19(13-15-5-9-17(29)10-6-15)27-23(31)21-22(37-21)24(32)28-20(26(34)36-4-2)14-16-7-11-18(30)12-8-16/h5-12,19-22,29-30H,3-4,13-14H2,1-2H3,(H,27,31)(H,28,32)/t19-,20-,21-,22-/m0/s1. The Balaban J connectivity index is 1.61. The normalized spacial score (nSPS) is 17.7. The van der Waals surface area contributed by atoms with E-state index in [4.69, 9.17) is 14.2 Å². The largest absolute Gasteiger partial charge is 0.508 e. The highest BCUT2D eigenvalue weighted by Gasteiger charge is 2.51. The predicted molar refractivity (Wildman–Crippen MR) is 129 cm³/mol. The van der Waals surface area contributed by atoms with Gasteiger partial charge in [0.2, 0.25) is 0 Å². The Morgan fingerprint density at radius 1 is 0.730 bits per heavy atom. The highest BCUT2D eigenvalue weighted by atomic mass is 16.6. The topological polar surface area (TPSA) is 164 Å². The lowest BCUT2D eigenvalue weighted by molar-refractivity contribution is -0.148. The molecule has 0 aromatic heterocycles. The van der Waals surface area contributed by atoms with Gasteiger partial charge in [-0.1, -0.05) is 24.3 Å². The third kappa shape index (κ3) is 7.94. The summed E-state index contributed by atoms with van der Waals surface area (Å²) in [6.07, 6.45) is -2.08. The molecule has 11 heteroatoms. The number of phenolic OH excluding ortho intramolecular Hbond substituents is 2. The second kappa shape index (κ2) is 12.7. The van der Waals surface area contributed by atoms with Crippen LogP contribution < -0.4 is 10.6 Å². The number of carbonyl (C=O) groups excluding carboxylic acids is 4. The van der Waals surface area contributed by atoms with Gasteiger partial charge in [-0.15, -0.1) is 0 Å². The number of ether oxygens (including phenoxy) is 3. The molecule has 11 nitrogen and oxygen atoms in total. The molecule has 0 aliphatic carbocycles. The second-order valence-electron chi connectivity index (χ2n) is 8.34. The van der Waals surface area contributed by atoms with Crippen LogP contribution in [-0.4, -0.2) is 71.5 Å². The van der Waals surface area contributed by atoms with Crippen LogP contribution in [0.5, 0.6) is 11.5 Å². The van der Waals surface area contributed by atoms with Gasteiger partial charge in [-0.05, 0) is 49.2 Å². The van der Waals surface area contributed by atoms with E-state index >= 15 is 0 Å². The Hall–Kier alpha value is -4.12. The molecule has 1 aliphatic heterocycles. The fourth-order valence-electron chi connectivity index (χ4n) is 3.63. The molecule has 1 heterocycles. The van der Waals surface area contributed by atoms with Crippen LogP contribution in [0, 0.1) is 0 Å². The third-order valence-electron chi connectivity index (χ3n) is 5.54. The fourth-order valence-corrected chi connectivity index (χ4v) is 3.63. The Labute approximate surface area is 213 Å². The number of hydrogen-bond acceptors (Lipinski definition) is 9. The summed E-state index contributed by atoms with van der Waals surface area (Å²) in [5, 5.41) is 24.0. The highest BCUT2D eigenvalue weighted by Crippen LogP contribution is 2.24. The summed E-state index contributed by atoms with van der Waals surface area (Å²) in [7, 11) is 0. The van der Waals surface area contributed by atoms with Gasteiger partial charge in [-0.2, -0.15) is 0 Å². The first-order chi connectivity index (χ1) is 17.7. The average molecular weight is 515 g/mol. The van der Waals surface area contributed by atoms with E-state index in [9.17, 15) is 29.4 Å². The summed E-state index contributed by atoms with van der Waals surface area (Å²) in [5.74, 6) is -2.53. The zero-order valence-corrected chi connectivity index (χ0v) is 20.5. The lowest BCUT2D eigenvalue weighted by Gasteiger charge is -2.18. The lowest BCUT2D eigenvalue weighted by atomic mass is 10.0. The Bertz CT molecular complexity index is 1010. The summed E-state index contributed by atoms with van der Waals surface area (Å²) < 4.78 is 15.4. The number of esters is 2. The summed E-state index contributed by atoms with van der Waals surface area (Å²) in [4.78, 5) is 50.3. The van der Waals surface area contributed by atoms with Gasteiger partial charge in [0.25, 0.3) is 11.8 Å². The smallest absolute Gasteiger partial charge is 0.328 e. The van der Waals surface area contributed by atoms with Crippen LogP contribution in [0.4, 0.5) is 0 Å². The first-order valence-electron chi connectivity index (χ1n) is 11.9. The molecule has 0 bridgehead atoms. The van der Waals surface area contributed by atoms with Gasteiger partial charge in [0.1, 0.15) is 23.6 Å². The number of carbonyl (C=O) groups is 4. The molecular formula is C26H30N2O9. The maximum absolute atomic E-state index is 12.7. The van der Waals surface area contributed by atoms with Crippen LogP contribution in [-0.2, 0) is 46.2 Å². The molecule has 0 radical (unpaired) electrons. The van der Waals surface area contributed by atoms with Crippen molar-refractivity contribution in [3.63, 3.8) is 0 Å². The first-order valence-corrected chi connectivity index (χ1v) is 11.9. The quantitative estimate of drug-likeness (QED) is 0.236. The molecule has 1 saturated heterocycles. The zero-order valence-electron chi connectivity index (χ0n) is 20.5. The molecule has 3 rings (SSSR count). The van der Waals surface area contributed by atoms with Gasteiger partial charge in [0.15, 0.2) is 12.2 Å². The molecule has 2 aromatic rings. The summed E-state index contributed by atoms with van der Waals surface area (Å²) in [5.41, 5.74) is 1.35. The molecule has 4 atom stereocenters. The molecular weight excluding hydrogens is 484 g/mol. The molecule has 1 aliphatic rings. The number of amides is 2. The van der Waals surface area contributed by atoms with Crippen LogP contribution in [0.25, 0.3) is 0 Å². The summed E-state index contributed by atoms with van der Waals surface area (Å²) in [6, 6.07) is 10.2. The van der Waals surface area contributed by atoms with Crippen molar-refractivity contribution in [2.24, 2.45) is 0 Å². The van der Waals surface area contributed by atoms with E-state index in [1.165, 1.54) is 24.3 Å². The van der Waals surface area contributed by atoms with E-state index in [2.05, 4.69) is 10.6 Å². The molecule has 2 amide bonds. The lowest BCUT2D eigenvalue weighted by Crippen LogP contribution is -2.48. The van der Waals surface area contributed by atoms with Crippen molar-refractivity contribution in [2.75, 3.05) is 13.2 Å². The second-order valence-corrected chi connectivity index (χ2v) is 8.34. The monoisotopic (exact) mass is 514 g/mol. The molecule has 0 spiro atoms. The van der Waals surface area contributed by atoms with Gasteiger partial charge in [0, 0.05) is 12.8 Å². The van der Waals surface area contributed by atoms with E-state index in [0.29, 0.717) is 11.1 Å². The Kier molecular flexibility index (Phi) is 9.45. The molecule has 198 valence electrons. The van der Waals surface area contributed by atoms with Crippen molar-refractivity contribution in [1.82, 2.24) is 10.6 Å². The average Bonchev–Trinajstić information content (AvgIpc) is 3.67. The van der Waals surface area contributed by atoms with Crippen molar-refractivity contribution in [2.45, 2.75) is 51.0 Å². The van der Waals surface area contributed by atoms with Gasteiger partial charge < -0.3 is 35.1 Å². The molecule has 2 aromatic carbocycles. The van der Waals surface area contributed by atoms with E-state index < -0.39 is 48.0 Å². The number of aromatic hydroxyl groups is 2. The SMILES string of the molecule is CCOC(=O)[C@H](Cc1ccc(O)cc1)NC(=O)[C@H]1O[C@@H]1C(=O)N[C@@H](Cc1ccc(O)cc1)C(=O)OCC. The number of nitrogens with one attached hydrogen (secondary N) is 2. The molecule has 0 saturated carbocycles. The number of rotatable bonds is 12. The van der Waals surface area contributed by atoms with Gasteiger partial charge in [-0.25, -0.2) is 9.59 Å². The maximum atomic E-state index is 12.7. The van der Waals surface area contributed by atoms with Crippen LogP contribution in [0.15, 0.2) is 48.5 Å². The van der Waals surface area contributed by atoms with Crippen LogP contribution in [0.3, 0.4) is 0 Å². The molecule has 0 unspecified atom stereocenters. The Morgan fingerprint density at radius 3 is 1.41 bits per heavy atom. The maximum Gasteiger partial charge on any atom is 0.328 e. The highest BCUT2D eigenvalue weighted by molar-refractivity contribution is 5.97. The molecule has 4 N–H and O–H groups in total. The van der Waals surface area contributed by atoms with Crippen molar-refractivity contribution in [1.29, 1.82) is 0 Å². The van der Waals surface area contributed by atoms with E-state index in [0.717, 1.165) is 0 Å². The zero-order chi connectivity index (χ0) is 26.9. The minimum atomic E-state index is -1.15. The van der Waals surface area contributed by atoms with E-state index in [-0.39, 0.29) is 37.6 Å². The van der Waals surface area contributed by atoms with Crippen LogP contribution in [0.2, 0.25) is 0 Å². The van der Waals surface area contributed by atoms with E-state index in [1.54, 1.807) is 38.1 Å². The number of epoxide rings is 1. The van der Waals surface area contributed by atoms with Crippen molar-refractivity contribution in [3.8, 4) is 11.5 Å². The van der Waals surface area contributed by atoms with E-state index in [1.807, 2.05) is 0 Å². The molecule has 1 fully saturated rings. The molecule has 37 heavy (non-hydrogen) atoms. The minimum absolute atomic E-state index is 0.0623. The van der Waals surface area contributed by atoms with Gasteiger partial charge in [-0.3, -0.25) is 9.59 Å². The third-order valence-corrected chi connectivity index (χ3v) is 5.54. The minimum Gasteiger partial charge on any atom is -0.508 e. The number of benzene rings is 2. The predicted octanol–water partition coefficient (Wildman–Crippen LogP) is 0.746. The van der Waals surface area contributed by atoms with Crippen LogP contribution in [0.1, 0.15) is 25.0 Å². The summed E-state index contributed by atoms with van der Waals surface area (Å²) >= 11 is 0. The number of phenols is 2. The Morgan fingerprint density at radius 2 is 1.08 bits per heavy atom. The van der Waals surface area contributed by atoms with Gasteiger partial charge in [0.05, 0.1) is 13.2 Å². The number of hydrogen-bond donors (Lipinski definition) is 4. The first kappa shape index (κ1) is 27.5. The van der Waals surface area contributed by atoms with Gasteiger partial charge >= 0.3 is 11.9 Å².